The first-order valence-electron chi connectivity index (χ1n) is 13.9. The average Bonchev–Trinajstić information content (AvgIpc) is 3.69. The molecule has 8 nitrogen and oxygen atoms in total. The number of hydrogen-bond acceptors (Lipinski definition) is 7. The third-order valence-corrected chi connectivity index (χ3v) is 8.95. The quantitative estimate of drug-likeness (QED) is 0.324. The van der Waals surface area contributed by atoms with Crippen molar-refractivity contribution in [3.8, 4) is 0 Å². The molecule has 0 bridgehead atoms. The van der Waals surface area contributed by atoms with E-state index in [2.05, 4.69) is 68.9 Å². The molecule has 2 fully saturated rings. The highest BCUT2D eigenvalue weighted by Gasteiger charge is 2.35. The first-order valence-corrected chi connectivity index (χ1v) is 14.7. The number of aromatic amines is 1. The van der Waals surface area contributed by atoms with E-state index < -0.39 is 6.04 Å². The van der Waals surface area contributed by atoms with E-state index in [0.29, 0.717) is 18.7 Å². The molecule has 200 valence electrons. The van der Waals surface area contributed by atoms with Gasteiger partial charge in [0.25, 0.3) is 5.56 Å². The van der Waals surface area contributed by atoms with Crippen molar-refractivity contribution < 1.29 is 4.74 Å². The van der Waals surface area contributed by atoms with Crippen molar-refractivity contribution in [3.63, 3.8) is 0 Å². The summed E-state index contributed by atoms with van der Waals surface area (Å²) in [6.07, 6.45) is 7.95. The van der Waals surface area contributed by atoms with Crippen molar-refractivity contribution in [2.45, 2.75) is 83.5 Å². The minimum Gasteiger partial charge on any atom is -0.377 e. The fourth-order valence-corrected chi connectivity index (χ4v) is 7.00. The van der Waals surface area contributed by atoms with Crippen LogP contribution < -0.4 is 5.56 Å². The third-order valence-electron chi connectivity index (χ3n) is 8.09. The Morgan fingerprint density at radius 2 is 2.03 bits per heavy atom. The fraction of sp³-hybridized carbons (Fsp3) is 0.517. The molecule has 0 spiro atoms. The number of benzene rings is 1. The van der Waals surface area contributed by atoms with Crippen LogP contribution in [-0.4, -0.2) is 49.3 Å². The number of ether oxygens (including phenoxy) is 1. The highest BCUT2D eigenvalue weighted by atomic mass is 32.1. The first-order chi connectivity index (χ1) is 18.6. The van der Waals surface area contributed by atoms with Crippen molar-refractivity contribution in [2.75, 3.05) is 13.2 Å². The van der Waals surface area contributed by atoms with E-state index in [1.807, 2.05) is 10.7 Å². The Morgan fingerprint density at radius 3 is 2.79 bits per heavy atom. The van der Waals surface area contributed by atoms with Crippen LogP contribution in [0.15, 0.2) is 40.5 Å². The van der Waals surface area contributed by atoms with Gasteiger partial charge in [-0.3, -0.25) is 9.69 Å². The van der Waals surface area contributed by atoms with Crippen LogP contribution >= 0.6 is 11.3 Å². The fourth-order valence-electron chi connectivity index (χ4n) is 6.27. The minimum absolute atomic E-state index is 0.0887. The monoisotopic (exact) mass is 532 g/mol. The van der Waals surface area contributed by atoms with Crippen LogP contribution in [0.1, 0.15) is 84.4 Å². The van der Waals surface area contributed by atoms with Gasteiger partial charge in [-0.05, 0) is 84.7 Å². The molecular weight excluding hydrogens is 496 g/mol. The number of fused-ring (bicyclic) bond motifs is 1. The second-order valence-electron chi connectivity index (χ2n) is 10.9. The lowest BCUT2D eigenvalue weighted by Crippen LogP contribution is -2.39. The molecule has 1 saturated carbocycles. The van der Waals surface area contributed by atoms with Gasteiger partial charge in [-0.2, -0.15) is 0 Å². The number of thiophene rings is 1. The van der Waals surface area contributed by atoms with Gasteiger partial charge < -0.3 is 9.72 Å². The van der Waals surface area contributed by atoms with E-state index in [4.69, 9.17) is 4.74 Å². The number of aryl methyl sites for hydroxylation is 2. The molecule has 38 heavy (non-hydrogen) atoms. The van der Waals surface area contributed by atoms with Crippen LogP contribution in [0.3, 0.4) is 0 Å². The Kier molecular flexibility index (Phi) is 7.41. The molecule has 0 unspecified atom stereocenters. The molecule has 1 aliphatic heterocycles. The summed E-state index contributed by atoms with van der Waals surface area (Å²) in [5, 5.41) is 16.5. The van der Waals surface area contributed by atoms with E-state index in [1.54, 1.807) is 11.3 Å². The number of H-pyrrole nitrogens is 1. The average molecular weight is 533 g/mol. The smallest absolute Gasteiger partial charge is 0.253 e. The van der Waals surface area contributed by atoms with Gasteiger partial charge in [0.05, 0.1) is 12.1 Å². The molecule has 1 aliphatic carbocycles. The van der Waals surface area contributed by atoms with Crippen molar-refractivity contribution in [2.24, 2.45) is 0 Å². The van der Waals surface area contributed by atoms with Crippen LogP contribution in [-0.2, 0) is 11.3 Å². The van der Waals surface area contributed by atoms with Gasteiger partial charge >= 0.3 is 0 Å². The van der Waals surface area contributed by atoms with E-state index in [9.17, 15) is 4.79 Å². The van der Waals surface area contributed by atoms with E-state index in [0.717, 1.165) is 60.1 Å². The van der Waals surface area contributed by atoms with Gasteiger partial charge in [-0.15, -0.1) is 16.4 Å². The predicted octanol–water partition coefficient (Wildman–Crippen LogP) is 5.47. The van der Waals surface area contributed by atoms with Gasteiger partial charge in [-0.1, -0.05) is 31.4 Å². The Bertz CT molecular complexity index is 1430. The molecule has 0 amide bonds. The second kappa shape index (κ2) is 11.1. The lowest BCUT2D eigenvalue weighted by molar-refractivity contribution is 0.0571. The summed E-state index contributed by atoms with van der Waals surface area (Å²) in [5.74, 6) is 0.751. The summed E-state index contributed by atoms with van der Waals surface area (Å²) in [4.78, 5) is 20.6. The molecule has 4 aromatic rings. The lowest BCUT2D eigenvalue weighted by Gasteiger charge is -2.33. The Balaban J connectivity index is 1.51. The second-order valence-corrected chi connectivity index (χ2v) is 11.9. The molecule has 1 N–H and O–H groups in total. The zero-order valence-electron chi connectivity index (χ0n) is 22.2. The lowest BCUT2D eigenvalue weighted by atomic mass is 9.94. The molecule has 4 heterocycles. The summed E-state index contributed by atoms with van der Waals surface area (Å²) < 4.78 is 8.12. The zero-order chi connectivity index (χ0) is 26.1. The van der Waals surface area contributed by atoms with Gasteiger partial charge in [0.15, 0.2) is 5.82 Å². The largest absolute Gasteiger partial charge is 0.377 e. The SMILES string of the molecule is Cc1cc(C)c2cc([C@H](c3nnnn3C3CCCCC3)N(Cc3cccs3)C[C@@H]3CCCO3)c(=O)[nH]c2c1. The van der Waals surface area contributed by atoms with Gasteiger partial charge in [0, 0.05) is 41.0 Å². The van der Waals surface area contributed by atoms with E-state index >= 15 is 0 Å². The maximum absolute atomic E-state index is 13.8. The Morgan fingerprint density at radius 1 is 1.16 bits per heavy atom. The number of nitrogens with zero attached hydrogens (tertiary/aromatic N) is 5. The molecule has 2 aliphatic rings. The predicted molar refractivity (Wildman–Crippen MR) is 150 cm³/mol. The normalized spacial score (nSPS) is 19.5. The molecule has 1 aromatic carbocycles. The number of nitrogens with one attached hydrogen (secondary N) is 1. The number of aromatic nitrogens is 5. The van der Waals surface area contributed by atoms with Crippen molar-refractivity contribution >= 4 is 22.2 Å². The van der Waals surface area contributed by atoms with Crippen LogP contribution in [0, 0.1) is 13.8 Å². The highest BCUT2D eigenvalue weighted by Crippen LogP contribution is 2.35. The molecule has 9 heteroatoms. The first kappa shape index (κ1) is 25.4. The van der Waals surface area contributed by atoms with Crippen molar-refractivity contribution in [3.05, 3.63) is 73.5 Å². The van der Waals surface area contributed by atoms with Crippen molar-refractivity contribution in [1.82, 2.24) is 30.1 Å². The van der Waals surface area contributed by atoms with Crippen LogP contribution in [0.5, 0.6) is 0 Å². The summed E-state index contributed by atoms with van der Waals surface area (Å²) >= 11 is 1.74. The third kappa shape index (κ3) is 5.19. The number of hydrogen-bond donors (Lipinski definition) is 1. The summed E-state index contributed by atoms with van der Waals surface area (Å²) in [7, 11) is 0. The maximum atomic E-state index is 13.8. The number of rotatable bonds is 8. The Hall–Kier alpha value is -2.88. The summed E-state index contributed by atoms with van der Waals surface area (Å²) in [6, 6.07) is 10.4. The minimum atomic E-state index is -0.396. The van der Waals surface area contributed by atoms with Crippen LogP contribution in [0.2, 0.25) is 0 Å². The summed E-state index contributed by atoms with van der Waals surface area (Å²) in [5.41, 5.74) is 3.74. The molecule has 1 saturated heterocycles. The zero-order valence-corrected chi connectivity index (χ0v) is 23.0. The van der Waals surface area contributed by atoms with E-state index in [-0.39, 0.29) is 17.7 Å². The van der Waals surface area contributed by atoms with Gasteiger partial charge in [0.2, 0.25) is 0 Å². The molecule has 2 atom stereocenters. The molecule has 3 aromatic heterocycles. The van der Waals surface area contributed by atoms with Gasteiger partial charge in [0.1, 0.15) is 6.04 Å². The number of tetrazole rings is 1. The summed E-state index contributed by atoms with van der Waals surface area (Å²) in [6.45, 7) is 6.37. The molecule has 0 radical (unpaired) electrons. The standard InChI is InChI=1S/C29H36N6O2S/c1-19-14-20(2)24-16-25(29(36)30-26(24)15-19)27(28-31-32-33-35(28)21-8-4-3-5-9-21)34(17-22-10-6-12-37-22)18-23-11-7-13-38-23/h7,11,13-16,21-22,27H,3-6,8-10,12,17-18H2,1-2H3,(H,30,36)/t22-,27+/m0/s1. The highest BCUT2D eigenvalue weighted by molar-refractivity contribution is 7.09. The van der Waals surface area contributed by atoms with Gasteiger partial charge in [-0.25, -0.2) is 4.68 Å². The number of pyridine rings is 1. The van der Waals surface area contributed by atoms with E-state index in [1.165, 1.54) is 24.1 Å². The van der Waals surface area contributed by atoms with Crippen LogP contribution in [0.4, 0.5) is 0 Å². The maximum Gasteiger partial charge on any atom is 0.253 e. The topological polar surface area (TPSA) is 88.9 Å². The molecular formula is C29H36N6O2S. The Labute approximate surface area is 227 Å². The van der Waals surface area contributed by atoms with Crippen molar-refractivity contribution in [1.29, 1.82) is 0 Å². The van der Waals surface area contributed by atoms with Crippen LogP contribution in [0.25, 0.3) is 10.9 Å². The molecule has 6 rings (SSSR count).